The van der Waals surface area contributed by atoms with Gasteiger partial charge in [0.25, 0.3) is 0 Å². The highest BCUT2D eigenvalue weighted by Crippen LogP contribution is 2.30. The second-order valence-electron chi connectivity index (χ2n) is 7.92. The van der Waals surface area contributed by atoms with Crippen molar-refractivity contribution >= 4 is 27.5 Å². The molecular weight excluding hydrogens is 394 g/mol. The molecule has 29 heavy (non-hydrogen) atoms. The first-order valence-electron chi connectivity index (χ1n) is 10.2. The minimum absolute atomic E-state index is 0.0593. The molecule has 3 aliphatic rings. The van der Waals surface area contributed by atoms with Gasteiger partial charge in [0.1, 0.15) is 0 Å². The van der Waals surface area contributed by atoms with Crippen LogP contribution in [0, 0.1) is 5.92 Å². The van der Waals surface area contributed by atoms with Gasteiger partial charge in [-0.3, -0.25) is 9.59 Å². The number of amides is 2. The van der Waals surface area contributed by atoms with Gasteiger partial charge in [-0.1, -0.05) is 12.8 Å². The highest BCUT2D eigenvalue weighted by Gasteiger charge is 2.38. The fourth-order valence-electron chi connectivity index (χ4n) is 4.37. The van der Waals surface area contributed by atoms with Crippen LogP contribution in [0.3, 0.4) is 0 Å². The van der Waals surface area contributed by atoms with Gasteiger partial charge in [-0.25, -0.2) is 8.42 Å². The number of ether oxygens (including phenoxy) is 1. The Bertz CT molecular complexity index is 859. The second kappa shape index (κ2) is 8.41. The quantitative estimate of drug-likeness (QED) is 0.776. The summed E-state index contributed by atoms with van der Waals surface area (Å²) in [6.45, 7) is 1.94. The van der Waals surface area contributed by atoms with Gasteiger partial charge in [0, 0.05) is 37.8 Å². The lowest BCUT2D eigenvalue weighted by molar-refractivity contribution is -0.129. The van der Waals surface area contributed by atoms with E-state index >= 15 is 0 Å². The molecule has 9 heteroatoms. The molecule has 1 aromatic carbocycles. The molecule has 158 valence electrons. The lowest BCUT2D eigenvalue weighted by Gasteiger charge is -2.26. The highest BCUT2D eigenvalue weighted by molar-refractivity contribution is 7.89. The van der Waals surface area contributed by atoms with E-state index in [1.54, 1.807) is 12.1 Å². The van der Waals surface area contributed by atoms with E-state index in [9.17, 15) is 18.0 Å². The zero-order chi connectivity index (χ0) is 20.4. The van der Waals surface area contributed by atoms with Crippen LogP contribution < -0.4 is 5.32 Å². The SMILES string of the molecule is O=C(Nc1ccc(S(=O)(=O)N2CCOCC2)cc1)C1CC(=O)N(C2CCCC2)C1. The number of hydrogen-bond donors (Lipinski definition) is 1. The van der Waals surface area contributed by atoms with E-state index < -0.39 is 10.0 Å². The summed E-state index contributed by atoms with van der Waals surface area (Å²) < 4.78 is 32.0. The summed E-state index contributed by atoms with van der Waals surface area (Å²) >= 11 is 0. The number of nitrogens with zero attached hydrogens (tertiary/aromatic N) is 2. The van der Waals surface area contributed by atoms with Crippen LogP contribution in [0.25, 0.3) is 0 Å². The van der Waals surface area contributed by atoms with E-state index in [1.165, 1.54) is 16.4 Å². The molecule has 1 aromatic rings. The molecule has 1 N–H and O–H groups in total. The summed E-state index contributed by atoms with van der Waals surface area (Å²) in [5.41, 5.74) is 0.530. The van der Waals surface area contributed by atoms with Gasteiger partial charge in [-0.05, 0) is 37.1 Å². The van der Waals surface area contributed by atoms with E-state index in [1.807, 2.05) is 4.90 Å². The normalized spacial score (nSPS) is 24.2. The largest absolute Gasteiger partial charge is 0.379 e. The number of carbonyl (C=O) groups excluding carboxylic acids is 2. The van der Waals surface area contributed by atoms with Crippen LogP contribution in [0.4, 0.5) is 5.69 Å². The third-order valence-electron chi connectivity index (χ3n) is 6.02. The minimum Gasteiger partial charge on any atom is -0.379 e. The second-order valence-corrected chi connectivity index (χ2v) is 9.85. The Morgan fingerprint density at radius 3 is 2.38 bits per heavy atom. The average Bonchev–Trinajstić information content (AvgIpc) is 3.38. The van der Waals surface area contributed by atoms with E-state index in [2.05, 4.69) is 5.32 Å². The van der Waals surface area contributed by atoms with Crippen LogP contribution in [-0.2, 0) is 24.3 Å². The molecule has 2 amide bonds. The summed E-state index contributed by atoms with van der Waals surface area (Å²) in [4.78, 5) is 27.0. The number of morpholine rings is 1. The molecule has 0 bridgehead atoms. The topological polar surface area (TPSA) is 96.0 Å². The van der Waals surface area contributed by atoms with Gasteiger partial charge in [0.15, 0.2) is 0 Å². The fraction of sp³-hybridized carbons (Fsp3) is 0.600. The third kappa shape index (κ3) is 4.31. The third-order valence-corrected chi connectivity index (χ3v) is 7.94. The number of benzene rings is 1. The average molecular weight is 422 g/mol. The Morgan fingerprint density at radius 2 is 1.72 bits per heavy atom. The van der Waals surface area contributed by atoms with Gasteiger partial charge < -0.3 is 15.0 Å². The van der Waals surface area contributed by atoms with Crippen LogP contribution in [0.2, 0.25) is 0 Å². The number of likely N-dealkylation sites (tertiary alicyclic amines) is 1. The first-order chi connectivity index (χ1) is 13.9. The van der Waals surface area contributed by atoms with Gasteiger partial charge in [-0.15, -0.1) is 0 Å². The Labute approximate surface area is 171 Å². The van der Waals surface area contributed by atoms with Gasteiger partial charge >= 0.3 is 0 Å². The van der Waals surface area contributed by atoms with Gasteiger partial charge in [0.05, 0.1) is 24.0 Å². The number of nitrogens with one attached hydrogen (secondary N) is 1. The molecule has 1 unspecified atom stereocenters. The summed E-state index contributed by atoms with van der Waals surface area (Å²) in [5.74, 6) is -0.494. The Hall–Kier alpha value is -1.97. The van der Waals surface area contributed by atoms with E-state index in [0.717, 1.165) is 25.7 Å². The number of anilines is 1. The molecule has 4 rings (SSSR count). The summed E-state index contributed by atoms with van der Waals surface area (Å²) in [6, 6.07) is 6.48. The van der Waals surface area contributed by atoms with Crippen molar-refractivity contribution in [3.63, 3.8) is 0 Å². The van der Waals surface area contributed by atoms with Crippen LogP contribution in [0.1, 0.15) is 32.1 Å². The first-order valence-corrected chi connectivity index (χ1v) is 11.7. The maximum Gasteiger partial charge on any atom is 0.243 e. The molecule has 0 aromatic heterocycles. The van der Waals surface area contributed by atoms with Crippen molar-refractivity contribution in [3.8, 4) is 0 Å². The maximum absolute atomic E-state index is 12.7. The molecule has 2 aliphatic heterocycles. The van der Waals surface area contributed by atoms with Gasteiger partial charge in [0.2, 0.25) is 21.8 Å². The Balaban J connectivity index is 1.37. The van der Waals surface area contributed by atoms with Crippen molar-refractivity contribution in [2.45, 2.75) is 43.0 Å². The summed E-state index contributed by atoms with van der Waals surface area (Å²) in [5, 5.41) is 2.83. The molecule has 1 aliphatic carbocycles. The van der Waals surface area contributed by atoms with Crippen molar-refractivity contribution in [3.05, 3.63) is 24.3 Å². The highest BCUT2D eigenvalue weighted by atomic mass is 32.2. The van der Waals surface area contributed by atoms with Crippen molar-refractivity contribution in [2.24, 2.45) is 5.92 Å². The molecule has 2 saturated heterocycles. The van der Waals surface area contributed by atoms with E-state index in [-0.39, 0.29) is 35.1 Å². The molecule has 0 radical (unpaired) electrons. The maximum atomic E-state index is 12.7. The van der Waals surface area contributed by atoms with Crippen LogP contribution >= 0.6 is 0 Å². The van der Waals surface area contributed by atoms with E-state index in [4.69, 9.17) is 4.74 Å². The number of carbonyl (C=O) groups is 2. The number of sulfonamides is 1. The lowest BCUT2D eigenvalue weighted by atomic mass is 10.1. The Morgan fingerprint density at radius 1 is 1.07 bits per heavy atom. The monoisotopic (exact) mass is 421 g/mol. The van der Waals surface area contributed by atoms with Crippen molar-refractivity contribution in [1.82, 2.24) is 9.21 Å². The van der Waals surface area contributed by atoms with Gasteiger partial charge in [-0.2, -0.15) is 4.31 Å². The van der Waals surface area contributed by atoms with Crippen molar-refractivity contribution in [1.29, 1.82) is 0 Å². The standard InChI is InChI=1S/C20H27N3O5S/c24-19-13-15(14-23(19)17-3-1-2-4-17)20(25)21-16-5-7-18(8-6-16)29(26,27)22-9-11-28-12-10-22/h5-8,15,17H,1-4,9-14H2,(H,21,25). The minimum atomic E-state index is -3.56. The number of hydrogen-bond acceptors (Lipinski definition) is 5. The van der Waals surface area contributed by atoms with Crippen molar-refractivity contribution < 1.29 is 22.7 Å². The zero-order valence-electron chi connectivity index (χ0n) is 16.4. The zero-order valence-corrected chi connectivity index (χ0v) is 17.2. The molecule has 0 spiro atoms. The number of rotatable bonds is 5. The molecule has 8 nitrogen and oxygen atoms in total. The predicted molar refractivity (Wildman–Crippen MR) is 107 cm³/mol. The van der Waals surface area contributed by atoms with Crippen molar-refractivity contribution in [2.75, 3.05) is 38.2 Å². The van der Waals surface area contributed by atoms with E-state index in [0.29, 0.717) is 38.5 Å². The first kappa shape index (κ1) is 20.3. The van der Waals surface area contributed by atoms with Crippen LogP contribution in [0.15, 0.2) is 29.2 Å². The molecule has 1 saturated carbocycles. The smallest absolute Gasteiger partial charge is 0.243 e. The summed E-state index contributed by atoms with van der Waals surface area (Å²) in [6.07, 6.45) is 4.58. The fourth-order valence-corrected chi connectivity index (χ4v) is 5.77. The lowest BCUT2D eigenvalue weighted by Crippen LogP contribution is -2.40. The molecule has 3 fully saturated rings. The Kier molecular flexibility index (Phi) is 5.89. The summed E-state index contributed by atoms with van der Waals surface area (Å²) in [7, 11) is -3.56. The van der Waals surface area contributed by atoms with Crippen LogP contribution in [-0.4, -0.2) is 68.3 Å². The molecule has 1 atom stereocenters. The molecule has 2 heterocycles. The molecular formula is C20H27N3O5S. The predicted octanol–water partition coefficient (Wildman–Crippen LogP) is 1.44. The van der Waals surface area contributed by atoms with Crippen LogP contribution in [0.5, 0.6) is 0 Å².